The minimum absolute atomic E-state index is 0.196. The molecule has 0 saturated carbocycles. The Kier molecular flexibility index (Phi) is 5.05. The fourth-order valence-electron chi connectivity index (χ4n) is 1.89. The molecule has 0 amide bonds. The van der Waals surface area contributed by atoms with Crippen LogP contribution in [0, 0.1) is 6.92 Å². The van der Waals surface area contributed by atoms with Crippen LogP contribution in [-0.2, 0) is 9.59 Å². The molecule has 1 heterocycles. The maximum atomic E-state index is 11.5. The SMILES string of the molecule is Cc1cc(=O)oc2cc(OCC(=O)Cl)cc(OCC(=O)Cl)c12. The van der Waals surface area contributed by atoms with Gasteiger partial charge >= 0.3 is 5.63 Å². The summed E-state index contributed by atoms with van der Waals surface area (Å²) in [6.45, 7) is 0.960. The largest absolute Gasteiger partial charge is 0.484 e. The van der Waals surface area contributed by atoms with Gasteiger partial charge in [0.05, 0.1) is 5.39 Å². The van der Waals surface area contributed by atoms with Gasteiger partial charge in [-0.15, -0.1) is 0 Å². The molecule has 2 rings (SSSR count). The average molecular weight is 345 g/mol. The number of rotatable bonds is 6. The highest BCUT2D eigenvalue weighted by Crippen LogP contribution is 2.33. The molecule has 0 bridgehead atoms. The molecule has 116 valence electrons. The summed E-state index contributed by atoms with van der Waals surface area (Å²) in [5.74, 6) is 0.442. The monoisotopic (exact) mass is 344 g/mol. The summed E-state index contributed by atoms with van der Waals surface area (Å²) in [5, 5.41) is -0.878. The highest BCUT2D eigenvalue weighted by atomic mass is 35.5. The quantitative estimate of drug-likeness (QED) is 0.591. The number of carbonyl (C=O) groups is 2. The molecule has 0 fully saturated rings. The Labute approximate surface area is 134 Å². The van der Waals surface area contributed by atoms with E-state index in [2.05, 4.69) is 0 Å². The molecule has 8 heteroatoms. The van der Waals surface area contributed by atoms with Crippen molar-refractivity contribution in [1.82, 2.24) is 0 Å². The summed E-state index contributed by atoms with van der Waals surface area (Å²) < 4.78 is 15.6. The Morgan fingerprint density at radius 2 is 1.73 bits per heavy atom. The lowest BCUT2D eigenvalue weighted by molar-refractivity contribution is -0.114. The van der Waals surface area contributed by atoms with Crippen LogP contribution in [-0.4, -0.2) is 23.7 Å². The third-order valence-electron chi connectivity index (χ3n) is 2.67. The summed E-state index contributed by atoms with van der Waals surface area (Å²) in [7, 11) is 0. The molecule has 1 aromatic heterocycles. The number of carbonyl (C=O) groups excluding carboxylic acids is 2. The zero-order chi connectivity index (χ0) is 16.3. The van der Waals surface area contributed by atoms with E-state index in [1.165, 1.54) is 18.2 Å². The molecular formula is C14H10Cl2O6. The van der Waals surface area contributed by atoms with Gasteiger partial charge < -0.3 is 13.9 Å². The molecular weight excluding hydrogens is 335 g/mol. The van der Waals surface area contributed by atoms with Crippen LogP contribution in [0.5, 0.6) is 11.5 Å². The lowest BCUT2D eigenvalue weighted by Crippen LogP contribution is -2.08. The first-order chi connectivity index (χ1) is 10.4. The van der Waals surface area contributed by atoms with Gasteiger partial charge in [0.2, 0.25) is 0 Å². The molecule has 0 N–H and O–H groups in total. The molecule has 0 aliphatic heterocycles. The third-order valence-corrected chi connectivity index (χ3v) is 2.89. The number of hydrogen-bond acceptors (Lipinski definition) is 6. The summed E-state index contributed by atoms with van der Waals surface area (Å²) in [5.41, 5.74) is 0.250. The van der Waals surface area contributed by atoms with Crippen molar-refractivity contribution in [1.29, 1.82) is 0 Å². The van der Waals surface area contributed by atoms with Gasteiger partial charge in [-0.3, -0.25) is 9.59 Å². The first-order valence-electron chi connectivity index (χ1n) is 6.07. The van der Waals surface area contributed by atoms with E-state index in [1.807, 2.05) is 0 Å². The average Bonchev–Trinajstić information content (AvgIpc) is 2.41. The van der Waals surface area contributed by atoms with Crippen molar-refractivity contribution in [3.05, 3.63) is 34.2 Å². The van der Waals surface area contributed by atoms with Crippen LogP contribution in [0.3, 0.4) is 0 Å². The van der Waals surface area contributed by atoms with Gasteiger partial charge in [-0.05, 0) is 35.7 Å². The second kappa shape index (κ2) is 6.81. The molecule has 6 nitrogen and oxygen atoms in total. The maximum absolute atomic E-state index is 11.5. The van der Waals surface area contributed by atoms with Crippen molar-refractivity contribution < 1.29 is 23.5 Å². The van der Waals surface area contributed by atoms with Crippen molar-refractivity contribution >= 4 is 44.7 Å². The Morgan fingerprint density at radius 3 is 2.36 bits per heavy atom. The minimum Gasteiger partial charge on any atom is -0.484 e. The van der Waals surface area contributed by atoms with Crippen LogP contribution in [0.2, 0.25) is 0 Å². The van der Waals surface area contributed by atoms with Gasteiger partial charge in [0, 0.05) is 18.2 Å². The molecule has 0 aliphatic rings. The van der Waals surface area contributed by atoms with Crippen molar-refractivity contribution in [2.45, 2.75) is 6.92 Å². The first kappa shape index (κ1) is 16.3. The van der Waals surface area contributed by atoms with E-state index in [0.29, 0.717) is 10.9 Å². The Hall–Kier alpha value is -2.05. The van der Waals surface area contributed by atoms with Crippen molar-refractivity contribution in [3.63, 3.8) is 0 Å². The van der Waals surface area contributed by atoms with Gasteiger partial charge in [-0.25, -0.2) is 4.79 Å². The molecule has 0 spiro atoms. The van der Waals surface area contributed by atoms with Gasteiger partial charge in [0.15, 0.2) is 13.2 Å². The number of hydrogen-bond donors (Lipinski definition) is 0. The van der Waals surface area contributed by atoms with Gasteiger partial charge in [-0.1, -0.05) is 0 Å². The third kappa shape index (κ3) is 3.99. The normalized spacial score (nSPS) is 10.5. The predicted octanol–water partition coefficient (Wildman–Crippen LogP) is 2.39. The number of aryl methyl sites for hydroxylation is 1. The summed E-state index contributed by atoms with van der Waals surface area (Å²) >= 11 is 10.5. The van der Waals surface area contributed by atoms with Crippen LogP contribution in [0.25, 0.3) is 11.0 Å². The van der Waals surface area contributed by atoms with E-state index in [1.54, 1.807) is 6.92 Å². The molecule has 0 unspecified atom stereocenters. The van der Waals surface area contributed by atoms with Crippen LogP contribution in [0.1, 0.15) is 5.56 Å². The van der Waals surface area contributed by atoms with E-state index in [-0.39, 0.29) is 30.3 Å². The Morgan fingerprint density at radius 1 is 1.09 bits per heavy atom. The van der Waals surface area contributed by atoms with Gasteiger partial charge in [0.25, 0.3) is 10.5 Å². The van der Waals surface area contributed by atoms with E-state index >= 15 is 0 Å². The number of ether oxygens (including phenoxy) is 2. The molecule has 0 radical (unpaired) electrons. The van der Waals surface area contributed by atoms with Gasteiger partial charge in [-0.2, -0.15) is 0 Å². The first-order valence-corrected chi connectivity index (χ1v) is 6.83. The van der Waals surface area contributed by atoms with Gasteiger partial charge in [0.1, 0.15) is 17.1 Å². The van der Waals surface area contributed by atoms with Crippen LogP contribution in [0.15, 0.2) is 27.4 Å². The lowest BCUT2D eigenvalue weighted by atomic mass is 10.1. The number of benzene rings is 1. The lowest BCUT2D eigenvalue weighted by Gasteiger charge is -2.11. The highest BCUT2D eigenvalue weighted by Gasteiger charge is 2.13. The van der Waals surface area contributed by atoms with Crippen LogP contribution >= 0.6 is 23.2 Å². The summed E-state index contributed by atoms with van der Waals surface area (Å²) in [4.78, 5) is 33.1. The van der Waals surface area contributed by atoms with E-state index < -0.39 is 16.1 Å². The second-order valence-electron chi connectivity index (χ2n) is 4.33. The molecule has 1 aromatic carbocycles. The zero-order valence-electron chi connectivity index (χ0n) is 11.4. The molecule has 2 aromatic rings. The second-order valence-corrected chi connectivity index (χ2v) is 5.17. The van der Waals surface area contributed by atoms with Crippen molar-refractivity contribution in [2.24, 2.45) is 0 Å². The van der Waals surface area contributed by atoms with E-state index in [9.17, 15) is 14.4 Å². The number of halogens is 2. The molecule has 0 saturated heterocycles. The van der Waals surface area contributed by atoms with Crippen LogP contribution < -0.4 is 15.1 Å². The Balaban J connectivity index is 2.53. The zero-order valence-corrected chi connectivity index (χ0v) is 12.9. The van der Waals surface area contributed by atoms with Crippen molar-refractivity contribution in [2.75, 3.05) is 13.2 Å². The van der Waals surface area contributed by atoms with E-state index in [0.717, 1.165) is 0 Å². The fraction of sp³-hybridized carbons (Fsp3) is 0.214. The molecule has 22 heavy (non-hydrogen) atoms. The number of fused-ring (bicyclic) bond motifs is 1. The summed E-state index contributed by atoms with van der Waals surface area (Å²) in [6, 6.07) is 4.18. The topological polar surface area (TPSA) is 82.8 Å². The standard InChI is InChI=1S/C14H10Cl2O6/c1-7-2-13(19)22-10-4-8(20-5-11(15)17)3-9(14(7)10)21-6-12(16)18/h2-4H,5-6H2,1H3. The minimum atomic E-state index is -0.691. The summed E-state index contributed by atoms with van der Waals surface area (Å²) in [6.07, 6.45) is 0. The van der Waals surface area contributed by atoms with Crippen LogP contribution in [0.4, 0.5) is 0 Å². The van der Waals surface area contributed by atoms with E-state index in [4.69, 9.17) is 37.1 Å². The predicted molar refractivity (Wildman–Crippen MR) is 79.9 cm³/mol. The fourth-order valence-corrected chi connectivity index (χ4v) is 2.00. The maximum Gasteiger partial charge on any atom is 0.336 e. The van der Waals surface area contributed by atoms with Crippen molar-refractivity contribution in [3.8, 4) is 11.5 Å². The Bertz CT molecular complexity index is 796. The molecule has 0 atom stereocenters. The highest BCUT2D eigenvalue weighted by molar-refractivity contribution is 6.64. The smallest absolute Gasteiger partial charge is 0.336 e. The molecule has 0 aliphatic carbocycles.